The smallest absolute Gasteiger partial charge is 0.305 e. The molecule has 0 aliphatic carbocycles. The molecule has 1 N–H and O–H groups in total. The summed E-state index contributed by atoms with van der Waals surface area (Å²) in [6, 6.07) is 2.05. The zero-order valence-electron chi connectivity index (χ0n) is 10.9. The second-order valence-electron chi connectivity index (χ2n) is 4.71. The number of aromatic nitrogens is 2. The van der Waals surface area contributed by atoms with Crippen LogP contribution in [0.2, 0.25) is 0 Å². The molecule has 5 nitrogen and oxygen atoms in total. The molecule has 1 aromatic heterocycles. The van der Waals surface area contributed by atoms with Crippen LogP contribution in [0, 0.1) is 6.92 Å². The van der Waals surface area contributed by atoms with E-state index in [4.69, 9.17) is 5.11 Å². The molecule has 18 heavy (non-hydrogen) atoms. The topological polar surface area (TPSA) is 66.3 Å². The summed E-state index contributed by atoms with van der Waals surface area (Å²) in [5, 5.41) is 8.93. The number of carboxylic acids is 1. The third-order valence-corrected chi connectivity index (χ3v) is 3.32. The summed E-state index contributed by atoms with van der Waals surface area (Å²) in [6.45, 7) is 4.83. The van der Waals surface area contributed by atoms with Gasteiger partial charge in [-0.25, -0.2) is 9.97 Å². The first kappa shape index (κ1) is 12.8. The highest BCUT2D eigenvalue weighted by molar-refractivity contribution is 5.68. The lowest BCUT2D eigenvalue weighted by Gasteiger charge is -2.25. The van der Waals surface area contributed by atoms with Gasteiger partial charge in [-0.05, 0) is 26.2 Å². The molecular weight excluding hydrogens is 230 g/mol. The molecular formula is C13H19N3O2. The van der Waals surface area contributed by atoms with Gasteiger partial charge in [-0.3, -0.25) is 4.79 Å². The Balaban J connectivity index is 2.24. The lowest BCUT2D eigenvalue weighted by Crippen LogP contribution is -2.32. The molecule has 0 spiro atoms. The van der Waals surface area contributed by atoms with E-state index in [0.717, 1.165) is 43.1 Å². The number of hydrogen-bond donors (Lipinski definition) is 1. The highest BCUT2D eigenvalue weighted by Crippen LogP contribution is 2.26. The van der Waals surface area contributed by atoms with E-state index in [1.165, 1.54) is 0 Å². The molecule has 0 saturated carbocycles. The Morgan fingerprint density at radius 1 is 1.56 bits per heavy atom. The lowest BCUT2D eigenvalue weighted by atomic mass is 10.1. The fourth-order valence-corrected chi connectivity index (χ4v) is 2.49. The first-order valence-corrected chi connectivity index (χ1v) is 6.43. The number of nitrogens with zero attached hydrogens (tertiary/aromatic N) is 3. The van der Waals surface area contributed by atoms with E-state index in [-0.39, 0.29) is 12.5 Å². The minimum Gasteiger partial charge on any atom is -0.481 e. The molecule has 0 radical (unpaired) electrons. The van der Waals surface area contributed by atoms with Gasteiger partial charge >= 0.3 is 5.97 Å². The van der Waals surface area contributed by atoms with Gasteiger partial charge in [-0.1, -0.05) is 6.92 Å². The van der Waals surface area contributed by atoms with Gasteiger partial charge in [0.1, 0.15) is 11.6 Å². The van der Waals surface area contributed by atoms with E-state index in [2.05, 4.69) is 21.8 Å². The Morgan fingerprint density at radius 2 is 2.33 bits per heavy atom. The second kappa shape index (κ2) is 5.33. The molecule has 1 saturated heterocycles. The standard InChI is InChI=1S/C13H19N3O2/c1-3-10-7-12(15-9(2)14-10)16-6-4-5-11(16)8-13(17)18/h7,11H,3-6,8H2,1-2H3,(H,17,18). The molecule has 0 aromatic carbocycles. The average molecular weight is 249 g/mol. The molecule has 0 amide bonds. The zero-order chi connectivity index (χ0) is 13.1. The molecule has 1 atom stereocenters. The minimum atomic E-state index is -0.742. The van der Waals surface area contributed by atoms with Crippen LogP contribution >= 0.6 is 0 Å². The largest absolute Gasteiger partial charge is 0.481 e. The average Bonchev–Trinajstić information content (AvgIpc) is 2.75. The van der Waals surface area contributed by atoms with Crippen LogP contribution in [0.25, 0.3) is 0 Å². The predicted molar refractivity (Wildman–Crippen MR) is 68.8 cm³/mol. The summed E-state index contributed by atoms with van der Waals surface area (Å²) >= 11 is 0. The quantitative estimate of drug-likeness (QED) is 0.881. The molecule has 1 fully saturated rings. The maximum Gasteiger partial charge on any atom is 0.305 e. The SMILES string of the molecule is CCc1cc(N2CCCC2CC(=O)O)nc(C)n1. The van der Waals surface area contributed by atoms with Crippen molar-refractivity contribution in [1.29, 1.82) is 0 Å². The molecule has 1 aliphatic rings. The van der Waals surface area contributed by atoms with Gasteiger partial charge in [-0.2, -0.15) is 0 Å². The zero-order valence-corrected chi connectivity index (χ0v) is 10.9. The Labute approximate surface area is 107 Å². The van der Waals surface area contributed by atoms with Gasteiger partial charge in [0.05, 0.1) is 6.42 Å². The summed E-state index contributed by atoms with van der Waals surface area (Å²) in [7, 11) is 0. The summed E-state index contributed by atoms with van der Waals surface area (Å²) in [5.74, 6) is 0.891. The molecule has 0 bridgehead atoms. The molecule has 5 heteroatoms. The maximum absolute atomic E-state index is 10.9. The van der Waals surface area contributed by atoms with Crippen molar-refractivity contribution in [3.05, 3.63) is 17.6 Å². The number of rotatable bonds is 4. The van der Waals surface area contributed by atoms with Crippen molar-refractivity contribution in [2.24, 2.45) is 0 Å². The monoisotopic (exact) mass is 249 g/mol. The van der Waals surface area contributed by atoms with Crippen LogP contribution in [0.4, 0.5) is 5.82 Å². The normalized spacial score (nSPS) is 19.2. The summed E-state index contributed by atoms with van der Waals surface area (Å²) < 4.78 is 0. The van der Waals surface area contributed by atoms with E-state index < -0.39 is 5.97 Å². The minimum absolute atomic E-state index is 0.0708. The van der Waals surface area contributed by atoms with Crippen molar-refractivity contribution >= 4 is 11.8 Å². The van der Waals surface area contributed by atoms with E-state index in [0.29, 0.717) is 0 Å². The van der Waals surface area contributed by atoms with Crippen LogP contribution in [0.5, 0.6) is 0 Å². The maximum atomic E-state index is 10.9. The van der Waals surface area contributed by atoms with Crippen molar-refractivity contribution in [2.45, 2.75) is 45.6 Å². The van der Waals surface area contributed by atoms with Crippen LogP contribution in [0.3, 0.4) is 0 Å². The van der Waals surface area contributed by atoms with E-state index >= 15 is 0 Å². The summed E-state index contributed by atoms with van der Waals surface area (Å²) in [6.07, 6.45) is 3.01. The number of aryl methyl sites for hydroxylation is 2. The molecule has 98 valence electrons. The highest BCUT2D eigenvalue weighted by Gasteiger charge is 2.27. The van der Waals surface area contributed by atoms with E-state index in [1.54, 1.807) is 0 Å². The van der Waals surface area contributed by atoms with Crippen molar-refractivity contribution in [2.75, 3.05) is 11.4 Å². The number of anilines is 1. The van der Waals surface area contributed by atoms with Crippen LogP contribution in [-0.4, -0.2) is 33.6 Å². The molecule has 1 unspecified atom stereocenters. The first-order valence-electron chi connectivity index (χ1n) is 6.43. The van der Waals surface area contributed by atoms with Crippen molar-refractivity contribution in [3.63, 3.8) is 0 Å². The first-order chi connectivity index (χ1) is 8.60. The Kier molecular flexibility index (Phi) is 3.79. The lowest BCUT2D eigenvalue weighted by molar-refractivity contribution is -0.137. The number of hydrogen-bond acceptors (Lipinski definition) is 4. The van der Waals surface area contributed by atoms with Crippen LogP contribution < -0.4 is 4.90 Å². The van der Waals surface area contributed by atoms with E-state index in [1.807, 2.05) is 13.0 Å². The van der Waals surface area contributed by atoms with Crippen molar-refractivity contribution in [1.82, 2.24) is 9.97 Å². The van der Waals surface area contributed by atoms with Gasteiger partial charge in [0.15, 0.2) is 0 Å². The summed E-state index contributed by atoms with van der Waals surface area (Å²) in [5.41, 5.74) is 1.01. The van der Waals surface area contributed by atoms with E-state index in [9.17, 15) is 4.79 Å². The van der Waals surface area contributed by atoms with Gasteiger partial charge in [0.2, 0.25) is 0 Å². The van der Waals surface area contributed by atoms with Crippen LogP contribution in [0.15, 0.2) is 6.07 Å². The fraction of sp³-hybridized carbons (Fsp3) is 0.615. The third kappa shape index (κ3) is 2.78. The third-order valence-electron chi connectivity index (χ3n) is 3.32. The highest BCUT2D eigenvalue weighted by atomic mass is 16.4. The van der Waals surface area contributed by atoms with Crippen LogP contribution in [0.1, 0.15) is 37.7 Å². The Morgan fingerprint density at radius 3 is 3.00 bits per heavy atom. The van der Waals surface area contributed by atoms with Gasteiger partial charge in [0.25, 0.3) is 0 Å². The summed E-state index contributed by atoms with van der Waals surface area (Å²) in [4.78, 5) is 21.8. The Bertz CT molecular complexity index is 448. The number of carboxylic acid groups (broad SMARTS) is 1. The van der Waals surface area contributed by atoms with Crippen molar-refractivity contribution in [3.8, 4) is 0 Å². The van der Waals surface area contributed by atoms with Gasteiger partial charge < -0.3 is 10.0 Å². The molecule has 2 heterocycles. The fourth-order valence-electron chi connectivity index (χ4n) is 2.49. The Hall–Kier alpha value is -1.65. The van der Waals surface area contributed by atoms with Gasteiger partial charge in [-0.15, -0.1) is 0 Å². The molecule has 2 rings (SSSR count). The molecule has 1 aromatic rings. The second-order valence-corrected chi connectivity index (χ2v) is 4.71. The predicted octanol–water partition coefficient (Wildman–Crippen LogP) is 1.79. The number of carbonyl (C=O) groups is 1. The molecule has 1 aliphatic heterocycles. The van der Waals surface area contributed by atoms with Crippen molar-refractivity contribution < 1.29 is 9.90 Å². The van der Waals surface area contributed by atoms with Crippen LogP contribution in [-0.2, 0) is 11.2 Å². The van der Waals surface area contributed by atoms with Gasteiger partial charge in [0, 0.05) is 24.3 Å². The number of aliphatic carboxylic acids is 1.